The Bertz CT molecular complexity index is 1430. The Morgan fingerprint density at radius 2 is 1.67 bits per heavy atom. The maximum absolute atomic E-state index is 14.0. The molecule has 17 nitrogen and oxygen atoms in total. The predicted octanol–water partition coefficient (Wildman–Crippen LogP) is -3.17. The average molecular weight is 701 g/mol. The molecule has 6 aliphatic rings. The Hall–Kier alpha value is -2.74. The van der Waals surface area contributed by atoms with E-state index in [1.165, 1.54) is 13.8 Å². The van der Waals surface area contributed by atoms with Crippen molar-refractivity contribution in [1.82, 2.24) is 0 Å². The van der Waals surface area contributed by atoms with E-state index in [4.69, 9.17) is 28.4 Å². The summed E-state index contributed by atoms with van der Waals surface area (Å²) in [6, 6.07) is 0. The van der Waals surface area contributed by atoms with Crippen LogP contribution in [-0.4, -0.2) is 147 Å². The molecule has 17 heteroatoms. The highest BCUT2D eigenvalue weighted by Gasteiger charge is 2.86. The largest absolute Gasteiger partial charge is 0.467 e. The van der Waals surface area contributed by atoms with Crippen LogP contribution in [0.2, 0.25) is 0 Å². The van der Waals surface area contributed by atoms with Gasteiger partial charge in [0, 0.05) is 23.2 Å². The Morgan fingerprint density at radius 1 is 1.00 bits per heavy atom. The van der Waals surface area contributed by atoms with Crippen molar-refractivity contribution >= 4 is 23.7 Å². The second-order valence-corrected chi connectivity index (χ2v) is 14.8. The van der Waals surface area contributed by atoms with Crippen LogP contribution in [0.3, 0.4) is 0 Å². The molecule has 0 aromatic rings. The summed E-state index contributed by atoms with van der Waals surface area (Å²) in [6.45, 7) is 5.32. The zero-order valence-corrected chi connectivity index (χ0v) is 27.6. The minimum atomic E-state index is -2.39. The van der Waals surface area contributed by atoms with Crippen molar-refractivity contribution in [2.24, 2.45) is 34.5 Å². The first kappa shape index (κ1) is 36.1. The number of aliphatic hydroxyl groups excluding tert-OH is 7. The fraction of sp³-hybridized carbons (Fsp3) is 0.812. The molecule has 0 unspecified atom stereocenters. The number of allylic oxidation sites excluding steroid dienone is 1. The molecule has 0 amide bonds. The van der Waals surface area contributed by atoms with Crippen molar-refractivity contribution in [1.29, 1.82) is 0 Å². The van der Waals surface area contributed by atoms with Gasteiger partial charge in [-0.15, -0.1) is 0 Å². The smallest absolute Gasteiger partial charge is 0.348 e. The van der Waals surface area contributed by atoms with E-state index < -0.39 is 138 Å². The molecule has 0 radical (unpaired) electrons. The number of aliphatic hydroxyl groups is 7. The highest BCUT2D eigenvalue weighted by Crippen LogP contribution is 2.73. The van der Waals surface area contributed by atoms with Crippen molar-refractivity contribution < 1.29 is 83.3 Å². The Labute approximate surface area is 280 Å². The summed E-state index contributed by atoms with van der Waals surface area (Å²) in [5.41, 5.74) is -5.47. The number of rotatable bonds is 7. The van der Waals surface area contributed by atoms with Crippen LogP contribution in [0.4, 0.5) is 0 Å². The number of ether oxygens (including phenoxy) is 6. The normalized spacial score (nSPS) is 48.8. The molecule has 5 fully saturated rings. The van der Waals surface area contributed by atoms with Gasteiger partial charge >= 0.3 is 17.9 Å². The average Bonchev–Trinajstić information content (AvgIpc) is 3.36. The van der Waals surface area contributed by atoms with Crippen LogP contribution >= 0.6 is 0 Å². The summed E-state index contributed by atoms with van der Waals surface area (Å²) >= 11 is 0. The van der Waals surface area contributed by atoms with Crippen molar-refractivity contribution in [2.75, 3.05) is 20.3 Å². The van der Waals surface area contributed by atoms with Gasteiger partial charge in [0.05, 0.1) is 32.3 Å². The van der Waals surface area contributed by atoms with Gasteiger partial charge in [0.15, 0.2) is 5.76 Å². The molecular formula is C32H44O17. The minimum absolute atomic E-state index is 0.0954. The van der Waals surface area contributed by atoms with Gasteiger partial charge in [-0.25, -0.2) is 9.59 Å². The maximum atomic E-state index is 14.0. The highest BCUT2D eigenvalue weighted by molar-refractivity contribution is 5.99. The van der Waals surface area contributed by atoms with E-state index in [0.717, 1.165) is 7.11 Å². The van der Waals surface area contributed by atoms with E-state index in [9.17, 15) is 54.9 Å². The lowest BCUT2D eigenvalue weighted by molar-refractivity contribution is -0.303. The summed E-state index contributed by atoms with van der Waals surface area (Å²) in [4.78, 5) is 54.3. The zero-order chi connectivity index (χ0) is 36.1. The summed E-state index contributed by atoms with van der Waals surface area (Å²) in [5, 5.41) is 76.3. The van der Waals surface area contributed by atoms with Gasteiger partial charge in [-0.2, -0.15) is 0 Å². The summed E-state index contributed by atoms with van der Waals surface area (Å²) in [7, 11) is 1.03. The summed E-state index contributed by atoms with van der Waals surface area (Å²) in [6.07, 6.45) is -17.6. The van der Waals surface area contributed by atoms with Crippen LogP contribution < -0.4 is 0 Å². The van der Waals surface area contributed by atoms with Crippen LogP contribution in [0.1, 0.15) is 40.5 Å². The van der Waals surface area contributed by atoms with Gasteiger partial charge in [-0.05, 0) is 30.8 Å². The lowest BCUT2D eigenvalue weighted by atomic mass is 9.37. The molecule has 3 aliphatic heterocycles. The standard InChI is InChI=1S/C32H44O17/c1-10(2)6-15(34)48-22-24-31-9-45-32(24,29(43)44-5)26(41)20(39)23(31)30(4)12(7-14(31)47-27(22)42)11(3)21(19(38)25(30)40)49-28-18(37)17(36)16(35)13(8-33)46-28/h10,12-14,16-18,20,22-26,28,33,35-37,39-41H,6-9H2,1-5H3/t12-,13-,14-,16-,17+,18-,20-,22-,23-,24-,25-,26+,28+,30+,31-,32+/m1/s1. The maximum Gasteiger partial charge on any atom is 0.348 e. The van der Waals surface area contributed by atoms with Crippen LogP contribution in [0.15, 0.2) is 11.3 Å². The topological polar surface area (TPSA) is 265 Å². The van der Waals surface area contributed by atoms with E-state index in [1.54, 1.807) is 13.8 Å². The number of ketones is 1. The highest BCUT2D eigenvalue weighted by atomic mass is 16.7. The number of carbonyl (C=O) groups excluding carboxylic acids is 4. The van der Waals surface area contributed by atoms with Gasteiger partial charge < -0.3 is 64.2 Å². The summed E-state index contributed by atoms with van der Waals surface area (Å²) < 4.78 is 33.9. The molecule has 0 aromatic heterocycles. The van der Waals surface area contributed by atoms with E-state index in [0.29, 0.717) is 0 Å². The van der Waals surface area contributed by atoms with Crippen LogP contribution in [0.5, 0.6) is 0 Å². The van der Waals surface area contributed by atoms with Gasteiger partial charge in [-0.3, -0.25) is 9.59 Å². The van der Waals surface area contributed by atoms with Crippen molar-refractivity contribution in [2.45, 2.75) is 107 Å². The first-order valence-corrected chi connectivity index (χ1v) is 16.3. The predicted molar refractivity (Wildman–Crippen MR) is 156 cm³/mol. The van der Waals surface area contributed by atoms with Crippen molar-refractivity contribution in [3.05, 3.63) is 11.3 Å². The SMILES string of the molecule is COC(=O)[C@@]12OC[C@]34[C@H]([C@@H](O)[C@@H]1O)[C@@]1(C)[C@H](O)C(=O)C(O[C@@H]5O[C@H](CO)[C@@H](O)[C@H](O)[C@H]5O)=C(C)[C@H]1C[C@H]3OC(=O)[C@H](OC(=O)CC(C)C)[C@@H]24. The molecule has 7 N–H and O–H groups in total. The molecule has 3 saturated heterocycles. The number of carbonyl (C=O) groups is 4. The molecule has 6 rings (SSSR count). The van der Waals surface area contributed by atoms with E-state index in [2.05, 4.69) is 0 Å². The number of methoxy groups -OCH3 is 1. The molecule has 0 aromatic carbocycles. The van der Waals surface area contributed by atoms with Gasteiger partial charge in [0.2, 0.25) is 23.8 Å². The number of fused-ring (bicyclic) bond motifs is 2. The Balaban J connectivity index is 1.46. The van der Waals surface area contributed by atoms with Crippen LogP contribution in [0.25, 0.3) is 0 Å². The van der Waals surface area contributed by atoms with E-state index in [1.807, 2.05) is 0 Å². The second kappa shape index (κ2) is 12.2. The lowest BCUT2D eigenvalue weighted by Crippen LogP contribution is -2.80. The Morgan fingerprint density at radius 3 is 2.29 bits per heavy atom. The molecule has 1 spiro atoms. The minimum Gasteiger partial charge on any atom is -0.467 e. The number of Topliss-reactive ketones (excluding diaryl/α,β-unsaturated/α-hetero) is 1. The zero-order valence-electron chi connectivity index (χ0n) is 27.6. The molecule has 3 heterocycles. The van der Waals surface area contributed by atoms with E-state index in [-0.39, 0.29) is 24.3 Å². The molecule has 16 atom stereocenters. The second-order valence-electron chi connectivity index (χ2n) is 14.8. The lowest BCUT2D eigenvalue weighted by Gasteiger charge is -2.67. The van der Waals surface area contributed by atoms with Gasteiger partial charge in [-0.1, -0.05) is 20.8 Å². The molecule has 2 bridgehead atoms. The number of hydrogen-bond donors (Lipinski definition) is 7. The monoisotopic (exact) mass is 700 g/mol. The Kier molecular flexibility index (Phi) is 8.98. The first-order valence-electron chi connectivity index (χ1n) is 16.3. The van der Waals surface area contributed by atoms with Crippen molar-refractivity contribution in [3.63, 3.8) is 0 Å². The third kappa shape index (κ3) is 4.70. The van der Waals surface area contributed by atoms with E-state index >= 15 is 0 Å². The molecule has 274 valence electrons. The van der Waals surface area contributed by atoms with Crippen LogP contribution in [0, 0.1) is 34.5 Å². The molecular weight excluding hydrogens is 656 g/mol. The molecule has 3 aliphatic carbocycles. The van der Waals surface area contributed by atoms with Crippen molar-refractivity contribution in [3.8, 4) is 0 Å². The molecule has 49 heavy (non-hydrogen) atoms. The number of esters is 3. The third-order valence-electron chi connectivity index (χ3n) is 11.9. The molecule has 2 saturated carbocycles. The number of hydrogen-bond acceptors (Lipinski definition) is 17. The fourth-order valence-corrected chi connectivity index (χ4v) is 9.78. The van der Waals surface area contributed by atoms with Gasteiger partial charge in [0.1, 0.15) is 42.7 Å². The first-order chi connectivity index (χ1) is 22.9. The fourth-order valence-electron chi connectivity index (χ4n) is 9.78. The van der Waals surface area contributed by atoms with Gasteiger partial charge in [0.25, 0.3) is 0 Å². The summed E-state index contributed by atoms with van der Waals surface area (Å²) in [5.74, 6) is -8.31. The quantitative estimate of drug-likeness (QED) is 0.102. The van der Waals surface area contributed by atoms with Crippen LogP contribution in [-0.2, 0) is 47.6 Å². The third-order valence-corrected chi connectivity index (χ3v) is 11.9.